The van der Waals surface area contributed by atoms with Crippen molar-refractivity contribution in [1.82, 2.24) is 19.5 Å². The molecule has 0 fully saturated rings. The third-order valence-corrected chi connectivity index (χ3v) is 4.56. The fourth-order valence-electron chi connectivity index (χ4n) is 3.07. The lowest BCUT2D eigenvalue weighted by Gasteiger charge is -2.19. The van der Waals surface area contributed by atoms with Crippen molar-refractivity contribution in [2.24, 2.45) is 0 Å². The lowest BCUT2D eigenvalue weighted by molar-refractivity contribution is -0.159. The van der Waals surface area contributed by atoms with E-state index in [2.05, 4.69) is 21.9 Å². The van der Waals surface area contributed by atoms with Crippen LogP contribution in [-0.2, 0) is 15.8 Å². The molecule has 11 heteroatoms. The number of carbonyl (C=O) groups is 2. The third kappa shape index (κ3) is 6.83. The number of hydrogen-bond donors (Lipinski definition) is 3. The van der Waals surface area contributed by atoms with Crippen molar-refractivity contribution < 1.29 is 33.0 Å². The summed E-state index contributed by atoms with van der Waals surface area (Å²) in [6.45, 7) is 2.16. The predicted molar refractivity (Wildman–Crippen MR) is 105 cm³/mol. The van der Waals surface area contributed by atoms with Crippen LogP contribution in [0.5, 0.6) is 0 Å². The summed E-state index contributed by atoms with van der Waals surface area (Å²) in [6, 6.07) is 5.32. The van der Waals surface area contributed by atoms with Gasteiger partial charge in [-0.05, 0) is 24.1 Å². The molecule has 0 aliphatic carbocycles. The summed E-state index contributed by atoms with van der Waals surface area (Å²) in [5.41, 5.74) is 1.69. The summed E-state index contributed by atoms with van der Waals surface area (Å²) in [5, 5.41) is 14.8. The zero-order valence-corrected chi connectivity index (χ0v) is 16.8. The number of carboxylic acids is 2. The van der Waals surface area contributed by atoms with E-state index in [0.29, 0.717) is 11.0 Å². The Kier molecular flexibility index (Phi) is 8.17. The van der Waals surface area contributed by atoms with E-state index in [9.17, 15) is 13.2 Å². The molecule has 0 spiro atoms. The molecule has 1 unspecified atom stereocenters. The van der Waals surface area contributed by atoms with Crippen LogP contribution in [0.4, 0.5) is 13.2 Å². The number of aromatic nitrogens is 4. The number of carboxylic acid groups (broad SMARTS) is 2. The number of halogens is 3. The number of nitrogens with zero attached hydrogens (tertiary/aromatic N) is 3. The summed E-state index contributed by atoms with van der Waals surface area (Å²) in [6.07, 6.45) is 6.37. The van der Waals surface area contributed by atoms with Gasteiger partial charge in [0.05, 0.1) is 23.4 Å². The maximum Gasteiger partial charge on any atom is 0.449 e. The SMILES string of the molecule is CCCCCCC(c1ccc2nc(C(F)(F)F)[nH]c2c1)n1ccnc1.O=C(O)C(=O)O. The molecule has 31 heavy (non-hydrogen) atoms. The van der Waals surface area contributed by atoms with Crippen LogP contribution in [0.1, 0.15) is 56.5 Å². The van der Waals surface area contributed by atoms with Gasteiger partial charge >= 0.3 is 18.1 Å². The van der Waals surface area contributed by atoms with Crippen LogP contribution in [-0.4, -0.2) is 41.7 Å². The molecule has 3 aromatic rings. The minimum atomic E-state index is -4.47. The van der Waals surface area contributed by atoms with E-state index in [-0.39, 0.29) is 6.04 Å². The first-order valence-electron chi connectivity index (χ1n) is 9.64. The van der Waals surface area contributed by atoms with Gasteiger partial charge in [-0.3, -0.25) is 0 Å². The highest BCUT2D eigenvalue weighted by Crippen LogP contribution is 2.31. The maximum atomic E-state index is 12.8. The van der Waals surface area contributed by atoms with E-state index in [1.807, 2.05) is 16.8 Å². The zero-order valence-electron chi connectivity index (χ0n) is 16.8. The average Bonchev–Trinajstić information content (AvgIpc) is 3.37. The molecule has 2 aromatic heterocycles. The minimum Gasteiger partial charge on any atom is -0.473 e. The molecule has 2 heterocycles. The summed E-state index contributed by atoms with van der Waals surface area (Å²) in [7, 11) is 0. The first-order chi connectivity index (χ1) is 14.6. The number of benzene rings is 1. The topological polar surface area (TPSA) is 121 Å². The van der Waals surface area contributed by atoms with E-state index in [1.165, 1.54) is 6.42 Å². The molecule has 0 amide bonds. The molecule has 0 radical (unpaired) electrons. The molecule has 8 nitrogen and oxygen atoms in total. The number of imidazole rings is 2. The van der Waals surface area contributed by atoms with Gasteiger partial charge in [-0.1, -0.05) is 38.7 Å². The highest BCUT2D eigenvalue weighted by Gasteiger charge is 2.34. The first-order valence-corrected chi connectivity index (χ1v) is 9.64. The van der Waals surface area contributed by atoms with Crippen LogP contribution in [0.3, 0.4) is 0 Å². The number of H-pyrrole nitrogens is 1. The second-order valence-corrected chi connectivity index (χ2v) is 6.85. The highest BCUT2D eigenvalue weighted by molar-refractivity contribution is 6.27. The Morgan fingerprint density at radius 1 is 1.16 bits per heavy atom. The number of rotatable bonds is 7. The normalized spacial score (nSPS) is 12.3. The highest BCUT2D eigenvalue weighted by atomic mass is 19.4. The number of fused-ring (bicyclic) bond motifs is 1. The second kappa shape index (κ2) is 10.6. The van der Waals surface area contributed by atoms with Crippen molar-refractivity contribution in [3.63, 3.8) is 0 Å². The van der Waals surface area contributed by atoms with Crippen molar-refractivity contribution >= 4 is 23.0 Å². The van der Waals surface area contributed by atoms with Gasteiger partial charge in [0.15, 0.2) is 0 Å². The number of aromatic amines is 1. The Morgan fingerprint density at radius 2 is 1.87 bits per heavy atom. The smallest absolute Gasteiger partial charge is 0.449 e. The van der Waals surface area contributed by atoms with Crippen LogP contribution >= 0.6 is 0 Å². The molecular weight excluding hydrogens is 417 g/mol. The molecule has 3 rings (SSSR count). The van der Waals surface area contributed by atoms with E-state index >= 15 is 0 Å². The Labute approximate surface area is 175 Å². The molecule has 0 saturated heterocycles. The summed E-state index contributed by atoms with van der Waals surface area (Å²) >= 11 is 0. The van der Waals surface area contributed by atoms with Gasteiger partial charge < -0.3 is 19.8 Å². The van der Waals surface area contributed by atoms with E-state index in [1.54, 1.807) is 24.7 Å². The number of unbranched alkanes of at least 4 members (excludes halogenated alkanes) is 3. The Morgan fingerprint density at radius 3 is 2.42 bits per heavy atom. The van der Waals surface area contributed by atoms with Gasteiger partial charge in [-0.25, -0.2) is 19.6 Å². The van der Waals surface area contributed by atoms with Crippen LogP contribution in [0.2, 0.25) is 0 Å². The van der Waals surface area contributed by atoms with Crippen LogP contribution in [0.15, 0.2) is 36.9 Å². The number of nitrogens with one attached hydrogen (secondary N) is 1. The lowest BCUT2D eigenvalue weighted by atomic mass is 9.99. The maximum absolute atomic E-state index is 12.8. The fourth-order valence-corrected chi connectivity index (χ4v) is 3.07. The standard InChI is InChI=1S/C18H21F3N4.C2H2O4/c1-2-3-4-5-6-16(25-10-9-22-12-25)13-7-8-14-15(11-13)24-17(23-14)18(19,20)21;3-1(4)2(5)6/h7-12,16H,2-6H2,1H3,(H,23,24);(H,3,4)(H,5,6). The third-order valence-electron chi connectivity index (χ3n) is 4.56. The summed E-state index contributed by atoms with van der Waals surface area (Å²) in [4.78, 5) is 28.3. The number of alkyl halides is 3. The monoisotopic (exact) mass is 440 g/mol. The summed E-state index contributed by atoms with van der Waals surface area (Å²) < 4.78 is 40.5. The van der Waals surface area contributed by atoms with Crippen LogP contribution in [0.25, 0.3) is 11.0 Å². The van der Waals surface area contributed by atoms with Crippen LogP contribution in [0, 0.1) is 0 Å². The van der Waals surface area contributed by atoms with Gasteiger partial charge in [-0.2, -0.15) is 13.2 Å². The molecule has 1 aromatic carbocycles. The van der Waals surface area contributed by atoms with Gasteiger partial charge in [0, 0.05) is 12.4 Å². The van der Waals surface area contributed by atoms with Crippen LogP contribution < -0.4 is 0 Å². The van der Waals surface area contributed by atoms with Crippen molar-refractivity contribution in [3.8, 4) is 0 Å². The molecule has 3 N–H and O–H groups in total. The Hall–Kier alpha value is -3.37. The quantitative estimate of drug-likeness (QED) is 0.368. The van der Waals surface area contributed by atoms with Gasteiger partial charge in [0.2, 0.25) is 5.82 Å². The fraction of sp³-hybridized carbons (Fsp3) is 0.400. The van der Waals surface area contributed by atoms with Crippen molar-refractivity contribution in [1.29, 1.82) is 0 Å². The van der Waals surface area contributed by atoms with E-state index < -0.39 is 23.9 Å². The van der Waals surface area contributed by atoms with Crippen molar-refractivity contribution in [2.75, 3.05) is 0 Å². The molecular formula is C20H23F3N4O4. The Balaban J connectivity index is 0.000000501. The molecule has 0 bridgehead atoms. The van der Waals surface area contributed by atoms with Crippen molar-refractivity contribution in [2.45, 2.75) is 51.2 Å². The molecule has 0 saturated carbocycles. The minimum absolute atomic E-state index is 0.0568. The van der Waals surface area contributed by atoms with Gasteiger partial charge in [-0.15, -0.1) is 0 Å². The van der Waals surface area contributed by atoms with E-state index in [0.717, 1.165) is 31.2 Å². The first kappa shape index (κ1) is 23.9. The average molecular weight is 440 g/mol. The predicted octanol–water partition coefficient (Wildman–Crippen LogP) is 4.49. The second-order valence-electron chi connectivity index (χ2n) is 6.85. The Bertz CT molecular complexity index is 988. The van der Waals surface area contributed by atoms with Gasteiger partial charge in [0.25, 0.3) is 0 Å². The zero-order chi connectivity index (χ0) is 23.0. The number of hydrogen-bond acceptors (Lipinski definition) is 4. The molecule has 0 aliphatic rings. The molecule has 1 atom stereocenters. The van der Waals surface area contributed by atoms with Gasteiger partial charge in [0.1, 0.15) is 0 Å². The number of aliphatic carboxylic acids is 2. The van der Waals surface area contributed by atoms with E-state index in [4.69, 9.17) is 19.8 Å². The lowest BCUT2D eigenvalue weighted by Crippen LogP contribution is -2.09. The largest absolute Gasteiger partial charge is 0.473 e. The molecule has 168 valence electrons. The van der Waals surface area contributed by atoms with Crippen molar-refractivity contribution in [3.05, 3.63) is 48.3 Å². The summed E-state index contributed by atoms with van der Waals surface area (Å²) in [5.74, 6) is -4.60. The molecule has 0 aliphatic heterocycles.